The van der Waals surface area contributed by atoms with Crippen LogP contribution < -0.4 is 0 Å². The zero-order chi connectivity index (χ0) is 8.55. The second-order valence-electron chi connectivity index (χ2n) is 4.39. The standard InChI is InChI=1S/C11H18O/c1-8-7-10(8)6-5-9-3-2-4-11(9)12/h9-12H,1-7H2. The third-order valence-corrected chi connectivity index (χ3v) is 3.43. The van der Waals surface area contributed by atoms with Gasteiger partial charge in [-0.05, 0) is 43.9 Å². The minimum absolute atomic E-state index is 0.0111. The molecular weight excluding hydrogens is 148 g/mol. The quantitative estimate of drug-likeness (QED) is 0.639. The van der Waals surface area contributed by atoms with Crippen molar-refractivity contribution in [2.75, 3.05) is 0 Å². The molecule has 12 heavy (non-hydrogen) atoms. The lowest BCUT2D eigenvalue weighted by Crippen LogP contribution is -2.12. The Morgan fingerprint density at radius 3 is 2.58 bits per heavy atom. The van der Waals surface area contributed by atoms with Crippen molar-refractivity contribution in [2.24, 2.45) is 11.8 Å². The van der Waals surface area contributed by atoms with Crippen LogP contribution in [0.5, 0.6) is 0 Å². The summed E-state index contributed by atoms with van der Waals surface area (Å²) in [6.45, 7) is 3.95. The Kier molecular flexibility index (Phi) is 2.22. The SMILES string of the molecule is C=C1CC1CCC1CCCC1O. The molecule has 3 atom stereocenters. The van der Waals surface area contributed by atoms with Gasteiger partial charge in [-0.15, -0.1) is 0 Å². The maximum absolute atomic E-state index is 9.57. The van der Waals surface area contributed by atoms with Gasteiger partial charge in [0.2, 0.25) is 0 Å². The first-order chi connectivity index (χ1) is 5.77. The predicted octanol–water partition coefficient (Wildman–Crippen LogP) is 2.50. The number of rotatable bonds is 3. The van der Waals surface area contributed by atoms with E-state index in [2.05, 4.69) is 6.58 Å². The van der Waals surface area contributed by atoms with Gasteiger partial charge in [0.15, 0.2) is 0 Å². The summed E-state index contributed by atoms with van der Waals surface area (Å²) in [5, 5.41) is 9.57. The lowest BCUT2D eigenvalue weighted by Gasteiger charge is -2.12. The van der Waals surface area contributed by atoms with Gasteiger partial charge < -0.3 is 5.11 Å². The molecule has 0 aliphatic heterocycles. The van der Waals surface area contributed by atoms with Crippen molar-refractivity contribution < 1.29 is 5.11 Å². The molecule has 0 aromatic carbocycles. The number of allylic oxidation sites excluding steroid dienone is 1. The predicted molar refractivity (Wildman–Crippen MR) is 49.8 cm³/mol. The molecule has 3 unspecified atom stereocenters. The smallest absolute Gasteiger partial charge is 0.0568 e. The Hall–Kier alpha value is -0.300. The molecule has 0 heterocycles. The summed E-state index contributed by atoms with van der Waals surface area (Å²) in [4.78, 5) is 0. The van der Waals surface area contributed by atoms with Gasteiger partial charge in [0.25, 0.3) is 0 Å². The molecule has 1 nitrogen and oxygen atoms in total. The third kappa shape index (κ3) is 1.71. The van der Waals surface area contributed by atoms with Gasteiger partial charge in [0, 0.05) is 0 Å². The van der Waals surface area contributed by atoms with Crippen molar-refractivity contribution in [3.63, 3.8) is 0 Å². The van der Waals surface area contributed by atoms with Crippen LogP contribution in [0.2, 0.25) is 0 Å². The monoisotopic (exact) mass is 166 g/mol. The van der Waals surface area contributed by atoms with Gasteiger partial charge in [0.05, 0.1) is 6.10 Å². The summed E-state index contributed by atoms with van der Waals surface area (Å²) in [5.74, 6) is 1.43. The average Bonchev–Trinajstić information content (AvgIpc) is 2.57. The Morgan fingerprint density at radius 2 is 2.08 bits per heavy atom. The highest BCUT2D eigenvalue weighted by Crippen LogP contribution is 2.42. The number of aliphatic hydroxyl groups excluding tert-OH is 1. The molecule has 0 aromatic heterocycles. The number of hydrogen-bond donors (Lipinski definition) is 1. The highest BCUT2D eigenvalue weighted by Gasteiger charge is 2.30. The lowest BCUT2D eigenvalue weighted by atomic mass is 9.98. The van der Waals surface area contributed by atoms with Crippen molar-refractivity contribution in [1.29, 1.82) is 0 Å². The molecule has 2 saturated carbocycles. The fourth-order valence-electron chi connectivity index (χ4n) is 2.33. The van der Waals surface area contributed by atoms with Crippen molar-refractivity contribution in [1.82, 2.24) is 0 Å². The van der Waals surface area contributed by atoms with Crippen LogP contribution in [0.15, 0.2) is 12.2 Å². The molecule has 0 radical (unpaired) electrons. The zero-order valence-electron chi connectivity index (χ0n) is 7.63. The third-order valence-electron chi connectivity index (χ3n) is 3.43. The normalized spacial score (nSPS) is 40.4. The highest BCUT2D eigenvalue weighted by molar-refractivity contribution is 5.18. The molecule has 0 aromatic rings. The van der Waals surface area contributed by atoms with Gasteiger partial charge in [-0.2, -0.15) is 0 Å². The van der Waals surface area contributed by atoms with E-state index in [1.807, 2.05) is 0 Å². The van der Waals surface area contributed by atoms with Crippen molar-refractivity contribution in [2.45, 2.75) is 44.6 Å². The van der Waals surface area contributed by atoms with E-state index in [1.54, 1.807) is 0 Å². The molecule has 0 spiro atoms. The molecule has 1 N–H and O–H groups in total. The van der Waals surface area contributed by atoms with E-state index in [-0.39, 0.29) is 6.10 Å². The molecule has 2 rings (SSSR count). The maximum atomic E-state index is 9.57. The van der Waals surface area contributed by atoms with Crippen molar-refractivity contribution in [3.8, 4) is 0 Å². The molecule has 68 valence electrons. The number of aliphatic hydroxyl groups is 1. The molecule has 2 aliphatic carbocycles. The van der Waals surface area contributed by atoms with Gasteiger partial charge in [0.1, 0.15) is 0 Å². The molecule has 0 amide bonds. The summed E-state index contributed by atoms with van der Waals surface area (Å²) in [7, 11) is 0. The van der Waals surface area contributed by atoms with E-state index >= 15 is 0 Å². The van der Waals surface area contributed by atoms with Crippen LogP contribution >= 0.6 is 0 Å². The average molecular weight is 166 g/mol. The zero-order valence-corrected chi connectivity index (χ0v) is 7.63. The summed E-state index contributed by atoms with van der Waals surface area (Å²) < 4.78 is 0. The summed E-state index contributed by atoms with van der Waals surface area (Å²) in [5.41, 5.74) is 1.43. The first kappa shape index (κ1) is 8.31. The fourth-order valence-corrected chi connectivity index (χ4v) is 2.33. The molecule has 1 heteroatoms. The van der Waals surface area contributed by atoms with E-state index in [0.29, 0.717) is 5.92 Å². The highest BCUT2D eigenvalue weighted by atomic mass is 16.3. The van der Waals surface area contributed by atoms with Gasteiger partial charge in [-0.25, -0.2) is 0 Å². The summed E-state index contributed by atoms with van der Waals surface area (Å²) >= 11 is 0. The van der Waals surface area contributed by atoms with Crippen LogP contribution in [0.25, 0.3) is 0 Å². The number of hydrogen-bond acceptors (Lipinski definition) is 1. The fraction of sp³-hybridized carbons (Fsp3) is 0.818. The van der Waals surface area contributed by atoms with Crippen molar-refractivity contribution in [3.05, 3.63) is 12.2 Å². The molecular formula is C11H18O. The second-order valence-corrected chi connectivity index (χ2v) is 4.39. The minimum atomic E-state index is 0.0111. The topological polar surface area (TPSA) is 20.2 Å². The molecule has 2 aliphatic rings. The first-order valence-corrected chi connectivity index (χ1v) is 5.13. The summed E-state index contributed by atoms with van der Waals surface area (Å²) in [6, 6.07) is 0. The second kappa shape index (κ2) is 3.21. The van der Waals surface area contributed by atoms with Gasteiger partial charge in [-0.3, -0.25) is 0 Å². The largest absolute Gasteiger partial charge is 0.393 e. The van der Waals surface area contributed by atoms with Crippen LogP contribution in [0, 0.1) is 11.8 Å². The summed E-state index contributed by atoms with van der Waals surface area (Å²) in [6.07, 6.45) is 7.29. The van der Waals surface area contributed by atoms with E-state index in [0.717, 1.165) is 12.3 Å². The molecule has 0 bridgehead atoms. The lowest BCUT2D eigenvalue weighted by molar-refractivity contribution is 0.126. The first-order valence-electron chi connectivity index (χ1n) is 5.13. The molecule has 2 fully saturated rings. The van der Waals surface area contributed by atoms with E-state index < -0.39 is 0 Å². The molecule has 0 saturated heterocycles. The van der Waals surface area contributed by atoms with Crippen molar-refractivity contribution >= 4 is 0 Å². The van der Waals surface area contributed by atoms with Gasteiger partial charge in [-0.1, -0.05) is 18.6 Å². The maximum Gasteiger partial charge on any atom is 0.0568 e. The van der Waals surface area contributed by atoms with Crippen LogP contribution in [0.4, 0.5) is 0 Å². The Labute approximate surface area is 74.5 Å². The Balaban J connectivity index is 1.69. The van der Waals surface area contributed by atoms with Crippen LogP contribution in [-0.2, 0) is 0 Å². The van der Waals surface area contributed by atoms with Crippen LogP contribution in [0.3, 0.4) is 0 Å². The van der Waals surface area contributed by atoms with E-state index in [1.165, 1.54) is 37.7 Å². The minimum Gasteiger partial charge on any atom is -0.393 e. The van der Waals surface area contributed by atoms with Gasteiger partial charge >= 0.3 is 0 Å². The van der Waals surface area contributed by atoms with Crippen LogP contribution in [-0.4, -0.2) is 11.2 Å². The van der Waals surface area contributed by atoms with Crippen LogP contribution in [0.1, 0.15) is 38.5 Å². The Morgan fingerprint density at radius 1 is 1.33 bits per heavy atom. The van der Waals surface area contributed by atoms with E-state index in [9.17, 15) is 5.11 Å². The Bertz CT molecular complexity index is 185. The van der Waals surface area contributed by atoms with E-state index in [4.69, 9.17) is 0 Å².